The molecule has 0 aromatic heterocycles. The van der Waals surface area contributed by atoms with Crippen molar-refractivity contribution in [2.24, 2.45) is 0 Å². The lowest BCUT2D eigenvalue weighted by Crippen LogP contribution is -2.48. The van der Waals surface area contributed by atoms with Gasteiger partial charge in [-0.05, 0) is 20.3 Å². The van der Waals surface area contributed by atoms with Gasteiger partial charge < -0.3 is 20.5 Å². The van der Waals surface area contributed by atoms with Crippen LogP contribution in [-0.2, 0) is 14.3 Å². The fourth-order valence-corrected chi connectivity index (χ4v) is 1.89. The van der Waals surface area contributed by atoms with E-state index >= 15 is 0 Å². The van der Waals surface area contributed by atoms with Gasteiger partial charge in [0.05, 0.1) is 13.2 Å². The minimum atomic E-state index is -0.848. The molecule has 1 heterocycles. The Morgan fingerprint density at radius 2 is 2.22 bits per heavy atom. The van der Waals surface area contributed by atoms with E-state index < -0.39 is 11.5 Å². The molecular formula is C12H22N2O4. The van der Waals surface area contributed by atoms with Gasteiger partial charge in [-0.1, -0.05) is 0 Å². The number of carboxylic acid groups (broad SMARTS) is 1. The summed E-state index contributed by atoms with van der Waals surface area (Å²) in [7, 11) is 0. The van der Waals surface area contributed by atoms with Crippen molar-refractivity contribution in [3.05, 3.63) is 0 Å². The molecule has 0 spiro atoms. The average molecular weight is 258 g/mol. The van der Waals surface area contributed by atoms with Crippen LogP contribution in [0.4, 0.5) is 0 Å². The minimum absolute atomic E-state index is 0.0500. The minimum Gasteiger partial charge on any atom is -0.481 e. The van der Waals surface area contributed by atoms with Gasteiger partial charge in [-0.3, -0.25) is 9.59 Å². The zero-order valence-electron chi connectivity index (χ0n) is 11.0. The van der Waals surface area contributed by atoms with Gasteiger partial charge in [0.25, 0.3) is 0 Å². The number of amides is 1. The first-order valence-electron chi connectivity index (χ1n) is 6.23. The first-order chi connectivity index (χ1) is 8.39. The summed E-state index contributed by atoms with van der Waals surface area (Å²) in [4.78, 5) is 22.3. The molecule has 104 valence electrons. The molecule has 1 aliphatic rings. The summed E-state index contributed by atoms with van der Waals surface area (Å²) in [6.45, 7) is 5.66. The summed E-state index contributed by atoms with van der Waals surface area (Å²) >= 11 is 0. The molecule has 18 heavy (non-hydrogen) atoms. The normalized spacial score (nSPS) is 20.4. The van der Waals surface area contributed by atoms with Crippen molar-refractivity contribution in [2.45, 2.75) is 44.7 Å². The molecular weight excluding hydrogens is 236 g/mol. The van der Waals surface area contributed by atoms with Crippen LogP contribution in [0.5, 0.6) is 0 Å². The van der Waals surface area contributed by atoms with Crippen LogP contribution >= 0.6 is 0 Å². The van der Waals surface area contributed by atoms with E-state index in [-0.39, 0.29) is 18.4 Å². The number of carbonyl (C=O) groups excluding carboxylic acids is 1. The lowest BCUT2D eigenvalue weighted by atomic mass is 9.98. The Hall–Kier alpha value is -1.14. The molecule has 6 heteroatoms. The summed E-state index contributed by atoms with van der Waals surface area (Å²) in [6.07, 6.45) is 0.831. The molecule has 3 N–H and O–H groups in total. The lowest BCUT2D eigenvalue weighted by molar-refractivity contribution is -0.137. The van der Waals surface area contributed by atoms with Crippen molar-refractivity contribution >= 4 is 11.9 Å². The van der Waals surface area contributed by atoms with E-state index in [0.717, 1.165) is 6.54 Å². The molecule has 1 amide bonds. The number of aliphatic carboxylic acids is 1. The number of nitrogens with one attached hydrogen (secondary N) is 2. The predicted octanol–water partition coefficient (Wildman–Crippen LogP) is 0.125. The number of carbonyl (C=O) groups is 2. The summed E-state index contributed by atoms with van der Waals surface area (Å²) in [5.41, 5.74) is -0.495. The number of morpholine rings is 1. The first-order valence-corrected chi connectivity index (χ1v) is 6.23. The van der Waals surface area contributed by atoms with Crippen LogP contribution in [0.1, 0.15) is 33.1 Å². The lowest BCUT2D eigenvalue weighted by Gasteiger charge is -2.28. The molecule has 1 aliphatic heterocycles. The van der Waals surface area contributed by atoms with Crippen LogP contribution in [0.15, 0.2) is 0 Å². The highest BCUT2D eigenvalue weighted by Crippen LogP contribution is 2.12. The Bertz CT molecular complexity index is 298. The van der Waals surface area contributed by atoms with Crippen molar-refractivity contribution in [2.75, 3.05) is 19.8 Å². The summed E-state index contributed by atoms with van der Waals surface area (Å²) in [6, 6.07) is 0.0500. The van der Waals surface area contributed by atoms with Gasteiger partial charge in [0.1, 0.15) is 0 Å². The third-order valence-corrected chi connectivity index (χ3v) is 2.87. The van der Waals surface area contributed by atoms with Gasteiger partial charge in [0, 0.05) is 31.0 Å². The quantitative estimate of drug-likeness (QED) is 0.630. The maximum Gasteiger partial charge on any atom is 0.303 e. The Morgan fingerprint density at radius 1 is 1.50 bits per heavy atom. The van der Waals surface area contributed by atoms with Crippen molar-refractivity contribution in [3.8, 4) is 0 Å². The second-order valence-electron chi connectivity index (χ2n) is 5.26. The van der Waals surface area contributed by atoms with E-state index in [1.165, 1.54) is 0 Å². The second kappa shape index (κ2) is 6.70. The molecule has 0 aromatic rings. The number of ether oxygens (including phenoxy) is 1. The monoisotopic (exact) mass is 258 g/mol. The van der Waals surface area contributed by atoms with Crippen molar-refractivity contribution in [1.82, 2.24) is 10.6 Å². The highest BCUT2D eigenvalue weighted by Gasteiger charge is 2.24. The van der Waals surface area contributed by atoms with Gasteiger partial charge >= 0.3 is 5.97 Å². The van der Waals surface area contributed by atoms with E-state index in [0.29, 0.717) is 26.1 Å². The fourth-order valence-electron chi connectivity index (χ4n) is 1.89. The summed E-state index contributed by atoms with van der Waals surface area (Å²) in [5.74, 6) is -0.923. The third kappa shape index (κ3) is 5.97. The Kier molecular flexibility index (Phi) is 5.55. The molecule has 1 rings (SSSR count). The number of hydrogen-bond donors (Lipinski definition) is 3. The van der Waals surface area contributed by atoms with E-state index in [2.05, 4.69) is 10.6 Å². The Morgan fingerprint density at radius 3 is 2.78 bits per heavy atom. The summed E-state index contributed by atoms with van der Waals surface area (Å²) in [5, 5.41) is 14.7. The molecule has 1 atom stereocenters. The number of carboxylic acids is 1. The van der Waals surface area contributed by atoms with Crippen LogP contribution in [0.3, 0.4) is 0 Å². The molecule has 0 bridgehead atoms. The van der Waals surface area contributed by atoms with Crippen molar-refractivity contribution < 1.29 is 19.4 Å². The molecule has 6 nitrogen and oxygen atoms in total. The SMILES string of the molecule is CC(C)(CCC(=O)O)NC(=O)CC1COCCN1. The molecule has 1 unspecified atom stereocenters. The molecule has 1 saturated heterocycles. The zero-order valence-corrected chi connectivity index (χ0v) is 11.0. The van der Waals surface area contributed by atoms with Crippen LogP contribution < -0.4 is 10.6 Å². The standard InChI is InChI=1S/C12H22N2O4/c1-12(2,4-3-11(16)17)14-10(15)7-9-8-18-6-5-13-9/h9,13H,3-8H2,1-2H3,(H,14,15)(H,16,17). The zero-order chi connectivity index (χ0) is 13.6. The van der Waals surface area contributed by atoms with Crippen LogP contribution in [0.2, 0.25) is 0 Å². The highest BCUT2D eigenvalue weighted by molar-refractivity contribution is 5.77. The topological polar surface area (TPSA) is 87.7 Å². The maximum atomic E-state index is 11.8. The van der Waals surface area contributed by atoms with Gasteiger partial charge in [0.15, 0.2) is 0 Å². The van der Waals surface area contributed by atoms with Crippen molar-refractivity contribution in [1.29, 1.82) is 0 Å². The highest BCUT2D eigenvalue weighted by atomic mass is 16.5. The van der Waals surface area contributed by atoms with Gasteiger partial charge in [-0.15, -0.1) is 0 Å². The van der Waals surface area contributed by atoms with Gasteiger partial charge in [-0.2, -0.15) is 0 Å². The third-order valence-electron chi connectivity index (χ3n) is 2.87. The predicted molar refractivity (Wildman–Crippen MR) is 66.3 cm³/mol. The van der Waals surface area contributed by atoms with Crippen LogP contribution in [0, 0.1) is 0 Å². The smallest absolute Gasteiger partial charge is 0.303 e. The average Bonchev–Trinajstić information content (AvgIpc) is 2.27. The van der Waals surface area contributed by atoms with E-state index in [4.69, 9.17) is 9.84 Å². The second-order valence-corrected chi connectivity index (χ2v) is 5.26. The molecule has 1 fully saturated rings. The molecule has 0 saturated carbocycles. The number of rotatable bonds is 6. The van der Waals surface area contributed by atoms with Crippen LogP contribution in [0.25, 0.3) is 0 Å². The van der Waals surface area contributed by atoms with Gasteiger partial charge in [0.2, 0.25) is 5.91 Å². The van der Waals surface area contributed by atoms with E-state index in [9.17, 15) is 9.59 Å². The molecule has 0 radical (unpaired) electrons. The van der Waals surface area contributed by atoms with Crippen LogP contribution in [-0.4, -0.2) is 48.3 Å². The Balaban J connectivity index is 2.30. The van der Waals surface area contributed by atoms with Gasteiger partial charge in [-0.25, -0.2) is 0 Å². The Labute approximate surface area is 107 Å². The number of hydrogen-bond acceptors (Lipinski definition) is 4. The maximum absolute atomic E-state index is 11.8. The van der Waals surface area contributed by atoms with E-state index in [1.54, 1.807) is 0 Å². The first kappa shape index (κ1) is 14.9. The molecule has 0 aliphatic carbocycles. The summed E-state index contributed by atoms with van der Waals surface area (Å²) < 4.78 is 5.27. The largest absolute Gasteiger partial charge is 0.481 e. The molecule has 0 aromatic carbocycles. The fraction of sp³-hybridized carbons (Fsp3) is 0.833. The van der Waals surface area contributed by atoms with E-state index in [1.807, 2.05) is 13.8 Å². The van der Waals surface area contributed by atoms with Crippen molar-refractivity contribution in [3.63, 3.8) is 0 Å².